The van der Waals surface area contributed by atoms with Crippen LogP contribution in [-0.2, 0) is 6.42 Å². The van der Waals surface area contributed by atoms with E-state index in [1.807, 2.05) is 6.92 Å². The summed E-state index contributed by atoms with van der Waals surface area (Å²) in [5, 5.41) is 3.13. The number of hydrogen-bond donors (Lipinski definition) is 2. The SMILES string of the molecule is COc1cc(CCNC(N)=NCC(C)C)ccc1C. The quantitative estimate of drug-likeness (QED) is 0.610. The molecule has 4 heteroatoms. The van der Waals surface area contributed by atoms with Crippen LogP contribution in [0.5, 0.6) is 5.75 Å². The molecule has 0 aliphatic rings. The van der Waals surface area contributed by atoms with Gasteiger partial charge in [-0.1, -0.05) is 26.0 Å². The van der Waals surface area contributed by atoms with Crippen LogP contribution in [-0.4, -0.2) is 26.2 Å². The van der Waals surface area contributed by atoms with E-state index >= 15 is 0 Å². The van der Waals surface area contributed by atoms with Gasteiger partial charge in [-0.25, -0.2) is 0 Å². The van der Waals surface area contributed by atoms with E-state index in [1.165, 1.54) is 5.56 Å². The highest BCUT2D eigenvalue weighted by Gasteiger charge is 2.01. The van der Waals surface area contributed by atoms with Crippen LogP contribution in [0, 0.1) is 12.8 Å². The van der Waals surface area contributed by atoms with Gasteiger partial charge in [0, 0.05) is 13.1 Å². The second-order valence-electron chi connectivity index (χ2n) is 5.10. The Morgan fingerprint density at radius 1 is 1.42 bits per heavy atom. The molecule has 0 spiro atoms. The third kappa shape index (κ3) is 5.64. The van der Waals surface area contributed by atoms with Gasteiger partial charge in [0.1, 0.15) is 5.75 Å². The minimum Gasteiger partial charge on any atom is -0.496 e. The molecule has 0 aliphatic heterocycles. The summed E-state index contributed by atoms with van der Waals surface area (Å²) in [7, 11) is 1.70. The normalized spacial score (nSPS) is 11.7. The molecule has 0 amide bonds. The van der Waals surface area contributed by atoms with Crippen LogP contribution in [0.15, 0.2) is 23.2 Å². The second-order valence-corrected chi connectivity index (χ2v) is 5.10. The number of hydrogen-bond acceptors (Lipinski definition) is 2. The minimum atomic E-state index is 0.521. The average Bonchev–Trinajstić information content (AvgIpc) is 2.38. The summed E-state index contributed by atoms with van der Waals surface area (Å²) < 4.78 is 5.31. The third-order valence-corrected chi connectivity index (χ3v) is 2.82. The smallest absolute Gasteiger partial charge is 0.188 e. The van der Waals surface area contributed by atoms with Crippen molar-refractivity contribution in [1.82, 2.24) is 5.32 Å². The molecular formula is C15H25N3O. The molecule has 0 saturated heterocycles. The van der Waals surface area contributed by atoms with Gasteiger partial charge in [0.15, 0.2) is 5.96 Å². The summed E-state index contributed by atoms with van der Waals surface area (Å²) in [4.78, 5) is 4.26. The molecule has 0 aliphatic carbocycles. The Morgan fingerprint density at radius 3 is 2.79 bits per heavy atom. The van der Waals surface area contributed by atoms with Gasteiger partial charge < -0.3 is 15.8 Å². The van der Waals surface area contributed by atoms with Crippen LogP contribution in [0.4, 0.5) is 0 Å². The summed E-state index contributed by atoms with van der Waals surface area (Å²) in [6.07, 6.45) is 0.897. The minimum absolute atomic E-state index is 0.521. The number of aryl methyl sites for hydroxylation is 1. The van der Waals surface area contributed by atoms with Crippen molar-refractivity contribution < 1.29 is 4.74 Å². The van der Waals surface area contributed by atoms with Gasteiger partial charge in [0.25, 0.3) is 0 Å². The number of ether oxygens (including phenoxy) is 1. The molecule has 1 rings (SSSR count). The maximum Gasteiger partial charge on any atom is 0.188 e. The van der Waals surface area contributed by atoms with Crippen molar-refractivity contribution in [2.45, 2.75) is 27.2 Å². The Morgan fingerprint density at radius 2 is 2.16 bits per heavy atom. The lowest BCUT2D eigenvalue weighted by Crippen LogP contribution is -2.33. The molecule has 0 saturated carbocycles. The molecule has 0 atom stereocenters. The van der Waals surface area contributed by atoms with Crippen LogP contribution in [0.25, 0.3) is 0 Å². The predicted molar refractivity (Wildman–Crippen MR) is 80.8 cm³/mol. The van der Waals surface area contributed by atoms with E-state index in [1.54, 1.807) is 7.11 Å². The number of benzene rings is 1. The Balaban J connectivity index is 2.43. The summed E-state index contributed by atoms with van der Waals surface area (Å²) in [6.45, 7) is 7.82. The highest BCUT2D eigenvalue weighted by molar-refractivity contribution is 5.77. The fourth-order valence-electron chi connectivity index (χ4n) is 1.69. The van der Waals surface area contributed by atoms with Gasteiger partial charge in [0.05, 0.1) is 7.11 Å². The van der Waals surface area contributed by atoms with Crippen molar-refractivity contribution >= 4 is 5.96 Å². The van der Waals surface area contributed by atoms with Gasteiger partial charge >= 0.3 is 0 Å². The lowest BCUT2D eigenvalue weighted by Gasteiger charge is -2.09. The van der Waals surface area contributed by atoms with E-state index < -0.39 is 0 Å². The number of methoxy groups -OCH3 is 1. The number of aliphatic imine (C=N–C) groups is 1. The lowest BCUT2D eigenvalue weighted by atomic mass is 10.1. The van der Waals surface area contributed by atoms with Crippen molar-refractivity contribution in [1.29, 1.82) is 0 Å². The van der Waals surface area contributed by atoms with Gasteiger partial charge in [-0.2, -0.15) is 0 Å². The van der Waals surface area contributed by atoms with E-state index in [-0.39, 0.29) is 0 Å². The summed E-state index contributed by atoms with van der Waals surface area (Å²) in [5.74, 6) is 1.98. The zero-order chi connectivity index (χ0) is 14.3. The van der Waals surface area contributed by atoms with E-state index in [0.717, 1.165) is 30.8 Å². The highest BCUT2D eigenvalue weighted by Crippen LogP contribution is 2.18. The van der Waals surface area contributed by atoms with Gasteiger partial charge in [0.2, 0.25) is 0 Å². The van der Waals surface area contributed by atoms with Crippen molar-refractivity contribution in [3.8, 4) is 5.75 Å². The van der Waals surface area contributed by atoms with Crippen LogP contribution in [0.2, 0.25) is 0 Å². The fourth-order valence-corrected chi connectivity index (χ4v) is 1.69. The van der Waals surface area contributed by atoms with E-state index in [9.17, 15) is 0 Å². The Bertz CT molecular complexity index is 427. The van der Waals surface area contributed by atoms with Gasteiger partial charge in [-0.05, 0) is 36.5 Å². The standard InChI is InChI=1S/C15H25N3O/c1-11(2)10-18-15(16)17-8-7-13-6-5-12(3)14(9-13)19-4/h5-6,9,11H,7-8,10H2,1-4H3,(H3,16,17,18). The molecule has 1 aromatic carbocycles. The molecule has 0 bridgehead atoms. The number of rotatable bonds is 6. The molecule has 0 aromatic heterocycles. The molecule has 0 fully saturated rings. The molecule has 0 heterocycles. The zero-order valence-electron chi connectivity index (χ0n) is 12.4. The van der Waals surface area contributed by atoms with Crippen molar-refractivity contribution in [3.63, 3.8) is 0 Å². The lowest BCUT2D eigenvalue weighted by molar-refractivity contribution is 0.411. The molecule has 4 nitrogen and oxygen atoms in total. The molecule has 1 aromatic rings. The molecule has 19 heavy (non-hydrogen) atoms. The Kier molecular flexibility index (Phi) is 6.19. The first-order valence-electron chi connectivity index (χ1n) is 6.70. The van der Waals surface area contributed by atoms with Crippen molar-refractivity contribution in [2.24, 2.45) is 16.6 Å². The number of nitrogens with one attached hydrogen (secondary N) is 1. The highest BCUT2D eigenvalue weighted by atomic mass is 16.5. The Hall–Kier alpha value is -1.71. The first kappa shape index (κ1) is 15.3. The first-order valence-corrected chi connectivity index (χ1v) is 6.70. The topological polar surface area (TPSA) is 59.6 Å². The molecular weight excluding hydrogens is 238 g/mol. The van der Waals surface area contributed by atoms with Crippen molar-refractivity contribution in [2.75, 3.05) is 20.2 Å². The van der Waals surface area contributed by atoms with Crippen LogP contribution in [0.1, 0.15) is 25.0 Å². The average molecular weight is 263 g/mol. The van der Waals surface area contributed by atoms with Crippen LogP contribution in [0.3, 0.4) is 0 Å². The largest absolute Gasteiger partial charge is 0.496 e. The van der Waals surface area contributed by atoms with Gasteiger partial charge in [-0.3, -0.25) is 4.99 Å². The first-order chi connectivity index (χ1) is 9.02. The molecule has 106 valence electrons. The van der Waals surface area contributed by atoms with Crippen LogP contribution < -0.4 is 15.8 Å². The number of guanidine groups is 1. The molecule has 0 unspecified atom stereocenters. The van der Waals surface area contributed by atoms with E-state index in [2.05, 4.69) is 42.4 Å². The summed E-state index contributed by atoms with van der Waals surface area (Å²) in [6, 6.07) is 6.25. The number of nitrogens with two attached hydrogens (primary N) is 1. The molecule has 3 N–H and O–H groups in total. The molecule has 0 radical (unpaired) electrons. The summed E-state index contributed by atoms with van der Waals surface area (Å²) >= 11 is 0. The van der Waals surface area contributed by atoms with Crippen LogP contribution >= 0.6 is 0 Å². The maximum atomic E-state index is 5.78. The monoisotopic (exact) mass is 263 g/mol. The predicted octanol–water partition coefficient (Wildman–Crippen LogP) is 2.11. The van der Waals surface area contributed by atoms with Gasteiger partial charge in [-0.15, -0.1) is 0 Å². The third-order valence-electron chi connectivity index (χ3n) is 2.82. The second kappa shape index (κ2) is 7.67. The van der Waals surface area contributed by atoms with E-state index in [0.29, 0.717) is 11.9 Å². The number of nitrogens with zero attached hydrogens (tertiary/aromatic N) is 1. The fraction of sp³-hybridized carbons (Fsp3) is 0.533. The maximum absolute atomic E-state index is 5.78. The Labute approximate surface area is 116 Å². The summed E-state index contributed by atoms with van der Waals surface area (Å²) in [5.41, 5.74) is 8.16. The van der Waals surface area contributed by atoms with Crippen molar-refractivity contribution in [3.05, 3.63) is 29.3 Å². The van der Waals surface area contributed by atoms with E-state index in [4.69, 9.17) is 10.5 Å². The zero-order valence-corrected chi connectivity index (χ0v) is 12.4.